The van der Waals surface area contributed by atoms with Crippen LogP contribution in [0.5, 0.6) is 0 Å². The molecular weight excluding hydrogens is 306 g/mol. The van der Waals surface area contributed by atoms with Gasteiger partial charge in [0.05, 0.1) is 12.5 Å². The van der Waals surface area contributed by atoms with Gasteiger partial charge >= 0.3 is 0 Å². The van der Waals surface area contributed by atoms with E-state index in [4.69, 9.17) is 11.0 Å². The summed E-state index contributed by atoms with van der Waals surface area (Å²) < 4.78 is 0.780. The summed E-state index contributed by atoms with van der Waals surface area (Å²) in [5.74, 6) is -0.0873. The summed E-state index contributed by atoms with van der Waals surface area (Å²) in [4.78, 5) is 14.2. The van der Waals surface area contributed by atoms with Crippen LogP contribution in [0.15, 0.2) is 16.6 Å². The van der Waals surface area contributed by atoms with Crippen molar-refractivity contribution in [1.29, 1.82) is 5.26 Å². The lowest BCUT2D eigenvalue weighted by molar-refractivity contribution is 0.0709. The molecular formula is C14H18BrN3O. The Morgan fingerprint density at radius 3 is 2.68 bits per heavy atom. The number of hydrogen-bond acceptors (Lipinski definition) is 3. The lowest BCUT2D eigenvalue weighted by Crippen LogP contribution is -2.38. The molecule has 102 valence electrons. The van der Waals surface area contributed by atoms with E-state index in [-0.39, 0.29) is 11.9 Å². The Bertz CT molecular complexity index is 520. The van der Waals surface area contributed by atoms with Gasteiger partial charge in [-0.25, -0.2) is 0 Å². The SMILES string of the molecule is Cc1c(N)cc(Br)cc1C(=O)N(CCC#N)C(C)C. The number of nitrogens with zero attached hydrogens (tertiary/aromatic N) is 2. The smallest absolute Gasteiger partial charge is 0.254 e. The number of hydrogen-bond donors (Lipinski definition) is 1. The summed E-state index contributed by atoms with van der Waals surface area (Å²) in [6.07, 6.45) is 0.326. The third-order valence-electron chi connectivity index (χ3n) is 2.99. The summed E-state index contributed by atoms with van der Waals surface area (Å²) in [5.41, 5.74) is 7.82. The third-order valence-corrected chi connectivity index (χ3v) is 3.45. The maximum atomic E-state index is 12.6. The first-order chi connectivity index (χ1) is 8.88. The summed E-state index contributed by atoms with van der Waals surface area (Å²) >= 11 is 3.35. The number of rotatable bonds is 4. The summed E-state index contributed by atoms with van der Waals surface area (Å²) in [6, 6.07) is 5.66. The second-order valence-corrected chi connectivity index (χ2v) is 5.58. The molecule has 0 fully saturated rings. The predicted molar refractivity (Wildman–Crippen MR) is 79.7 cm³/mol. The van der Waals surface area contributed by atoms with E-state index in [1.807, 2.05) is 20.8 Å². The van der Waals surface area contributed by atoms with Crippen LogP contribution < -0.4 is 5.73 Å². The summed E-state index contributed by atoms with van der Waals surface area (Å²) in [7, 11) is 0. The zero-order valence-corrected chi connectivity index (χ0v) is 13.0. The first kappa shape index (κ1) is 15.5. The number of carbonyl (C=O) groups excluding carboxylic acids is 1. The van der Waals surface area contributed by atoms with Gasteiger partial charge in [-0.2, -0.15) is 5.26 Å². The summed E-state index contributed by atoms with van der Waals surface area (Å²) in [5, 5.41) is 8.68. The molecule has 0 saturated heterocycles. The molecule has 0 aromatic heterocycles. The van der Waals surface area contributed by atoms with Crippen LogP contribution in [0.25, 0.3) is 0 Å². The molecule has 4 nitrogen and oxygen atoms in total. The molecule has 5 heteroatoms. The molecule has 0 aliphatic rings. The molecule has 19 heavy (non-hydrogen) atoms. The average Bonchev–Trinajstić information content (AvgIpc) is 2.33. The topological polar surface area (TPSA) is 70.1 Å². The lowest BCUT2D eigenvalue weighted by atomic mass is 10.0. The second kappa shape index (κ2) is 6.58. The predicted octanol–water partition coefficient (Wildman–Crippen LogP) is 3.10. The molecule has 2 N–H and O–H groups in total. The molecule has 1 rings (SSSR count). The minimum Gasteiger partial charge on any atom is -0.398 e. The minimum atomic E-state index is -0.0873. The van der Waals surface area contributed by atoms with Gasteiger partial charge in [-0.3, -0.25) is 4.79 Å². The Morgan fingerprint density at radius 1 is 1.53 bits per heavy atom. The number of nitrogen functional groups attached to an aromatic ring is 1. The van der Waals surface area contributed by atoms with Crippen LogP contribution in [0, 0.1) is 18.3 Å². The fourth-order valence-electron chi connectivity index (χ4n) is 1.84. The average molecular weight is 324 g/mol. The van der Waals surface area contributed by atoms with Gasteiger partial charge in [0.25, 0.3) is 5.91 Å². The molecule has 0 spiro atoms. The van der Waals surface area contributed by atoms with Crippen molar-refractivity contribution in [1.82, 2.24) is 4.90 Å². The zero-order chi connectivity index (χ0) is 14.6. The molecule has 0 radical (unpaired) electrons. The lowest BCUT2D eigenvalue weighted by Gasteiger charge is -2.27. The highest BCUT2D eigenvalue weighted by Gasteiger charge is 2.21. The maximum Gasteiger partial charge on any atom is 0.254 e. The molecule has 0 unspecified atom stereocenters. The first-order valence-electron chi connectivity index (χ1n) is 6.12. The van der Waals surface area contributed by atoms with E-state index in [1.54, 1.807) is 17.0 Å². The largest absolute Gasteiger partial charge is 0.398 e. The third kappa shape index (κ3) is 3.71. The van der Waals surface area contributed by atoms with E-state index in [1.165, 1.54) is 0 Å². The summed E-state index contributed by atoms with van der Waals surface area (Å²) in [6.45, 7) is 6.13. The van der Waals surface area contributed by atoms with Crippen LogP contribution in [0.1, 0.15) is 36.2 Å². The first-order valence-corrected chi connectivity index (χ1v) is 6.91. The molecule has 0 bridgehead atoms. The van der Waals surface area contributed by atoms with E-state index in [2.05, 4.69) is 22.0 Å². The quantitative estimate of drug-likeness (QED) is 0.865. The van der Waals surface area contributed by atoms with Crippen molar-refractivity contribution in [2.24, 2.45) is 0 Å². The highest BCUT2D eigenvalue weighted by molar-refractivity contribution is 9.10. The van der Waals surface area contributed by atoms with Crippen LogP contribution in [-0.4, -0.2) is 23.4 Å². The second-order valence-electron chi connectivity index (χ2n) is 4.67. The van der Waals surface area contributed by atoms with Crippen molar-refractivity contribution in [3.8, 4) is 6.07 Å². The molecule has 0 aliphatic heterocycles. The molecule has 0 aliphatic carbocycles. The number of carbonyl (C=O) groups is 1. The fraction of sp³-hybridized carbons (Fsp3) is 0.429. The van der Waals surface area contributed by atoms with Crippen molar-refractivity contribution in [3.63, 3.8) is 0 Å². The number of nitriles is 1. The van der Waals surface area contributed by atoms with Crippen molar-refractivity contribution >= 4 is 27.5 Å². The van der Waals surface area contributed by atoms with Crippen molar-refractivity contribution in [2.75, 3.05) is 12.3 Å². The fourth-order valence-corrected chi connectivity index (χ4v) is 2.32. The Balaban J connectivity index is 3.13. The van der Waals surface area contributed by atoms with Gasteiger partial charge in [0.15, 0.2) is 0 Å². The zero-order valence-electron chi connectivity index (χ0n) is 11.4. The van der Waals surface area contributed by atoms with Gasteiger partial charge in [0.1, 0.15) is 0 Å². The molecule has 1 amide bonds. The molecule has 1 aromatic carbocycles. The van der Waals surface area contributed by atoms with Gasteiger partial charge in [-0.15, -0.1) is 0 Å². The standard InChI is InChI=1S/C14H18BrN3O/c1-9(2)18(6-4-5-16)14(19)12-7-11(15)8-13(17)10(12)3/h7-9H,4,6,17H2,1-3H3. The van der Waals surface area contributed by atoms with Gasteiger partial charge in [0, 0.05) is 28.3 Å². The molecule has 0 atom stereocenters. The van der Waals surface area contributed by atoms with Crippen molar-refractivity contribution in [3.05, 3.63) is 27.7 Å². The van der Waals surface area contributed by atoms with Gasteiger partial charge in [-0.1, -0.05) is 15.9 Å². The Labute approximate surface area is 122 Å². The number of amides is 1. The monoisotopic (exact) mass is 323 g/mol. The maximum absolute atomic E-state index is 12.6. The number of nitrogens with two attached hydrogens (primary N) is 1. The number of halogens is 1. The van der Waals surface area contributed by atoms with E-state index in [9.17, 15) is 4.79 Å². The molecule has 0 saturated carbocycles. The highest BCUT2D eigenvalue weighted by atomic mass is 79.9. The highest BCUT2D eigenvalue weighted by Crippen LogP contribution is 2.24. The molecule has 0 heterocycles. The Kier molecular flexibility index (Phi) is 5.37. The molecule has 1 aromatic rings. The Hall–Kier alpha value is -1.54. The number of benzene rings is 1. The van der Waals surface area contributed by atoms with Gasteiger partial charge in [-0.05, 0) is 38.5 Å². The van der Waals surface area contributed by atoms with Crippen LogP contribution in [0.2, 0.25) is 0 Å². The van der Waals surface area contributed by atoms with E-state index in [0.29, 0.717) is 24.2 Å². The van der Waals surface area contributed by atoms with Crippen LogP contribution in [-0.2, 0) is 0 Å². The van der Waals surface area contributed by atoms with Crippen molar-refractivity contribution < 1.29 is 4.79 Å². The van der Waals surface area contributed by atoms with Crippen molar-refractivity contribution in [2.45, 2.75) is 33.2 Å². The van der Waals surface area contributed by atoms with E-state index in [0.717, 1.165) is 10.0 Å². The van der Waals surface area contributed by atoms with Crippen LogP contribution >= 0.6 is 15.9 Å². The van der Waals surface area contributed by atoms with E-state index < -0.39 is 0 Å². The van der Waals surface area contributed by atoms with Gasteiger partial charge < -0.3 is 10.6 Å². The van der Waals surface area contributed by atoms with E-state index >= 15 is 0 Å². The minimum absolute atomic E-state index is 0.0421. The van der Waals surface area contributed by atoms with Crippen LogP contribution in [0.4, 0.5) is 5.69 Å². The van der Waals surface area contributed by atoms with Crippen LogP contribution in [0.3, 0.4) is 0 Å². The van der Waals surface area contributed by atoms with Gasteiger partial charge in [0.2, 0.25) is 0 Å². The Morgan fingerprint density at radius 2 is 2.16 bits per heavy atom. The normalized spacial score (nSPS) is 10.3. The number of anilines is 1.